The Balaban J connectivity index is 1.63. The molecule has 0 saturated carbocycles. The van der Waals surface area contributed by atoms with Crippen LogP contribution in [0.4, 0.5) is 0 Å². The van der Waals surface area contributed by atoms with Gasteiger partial charge >= 0.3 is 0 Å². The lowest BCUT2D eigenvalue weighted by atomic mass is 9.92. The third kappa shape index (κ3) is 4.30. The SMILES string of the molecule is COC(OC)N1CCC(CCCn2ccnc2)CC1. The Morgan fingerprint density at radius 2 is 2.00 bits per heavy atom. The molecule has 1 saturated heterocycles. The summed E-state index contributed by atoms with van der Waals surface area (Å²) in [5, 5.41) is 0. The van der Waals surface area contributed by atoms with Gasteiger partial charge in [-0.3, -0.25) is 4.90 Å². The molecule has 19 heavy (non-hydrogen) atoms. The van der Waals surface area contributed by atoms with E-state index in [1.165, 1.54) is 25.7 Å². The van der Waals surface area contributed by atoms with E-state index in [1.54, 1.807) is 14.2 Å². The molecule has 0 radical (unpaired) electrons. The molecule has 0 unspecified atom stereocenters. The van der Waals surface area contributed by atoms with E-state index >= 15 is 0 Å². The van der Waals surface area contributed by atoms with Gasteiger partial charge in [0.15, 0.2) is 0 Å². The number of hydrogen-bond acceptors (Lipinski definition) is 4. The molecule has 0 aromatic carbocycles. The molecule has 1 aliphatic heterocycles. The van der Waals surface area contributed by atoms with Gasteiger partial charge in [0.05, 0.1) is 6.33 Å². The Bertz CT molecular complexity index is 330. The smallest absolute Gasteiger partial charge is 0.218 e. The van der Waals surface area contributed by atoms with Crippen molar-refractivity contribution in [2.75, 3.05) is 27.3 Å². The molecule has 0 bridgehead atoms. The van der Waals surface area contributed by atoms with E-state index in [4.69, 9.17) is 9.47 Å². The summed E-state index contributed by atoms with van der Waals surface area (Å²) < 4.78 is 12.7. The van der Waals surface area contributed by atoms with Crippen molar-refractivity contribution in [3.05, 3.63) is 18.7 Å². The third-order valence-electron chi connectivity index (χ3n) is 3.94. The van der Waals surface area contributed by atoms with Crippen molar-refractivity contribution < 1.29 is 9.47 Å². The van der Waals surface area contributed by atoms with Gasteiger partial charge in [-0.15, -0.1) is 0 Å². The molecular weight excluding hydrogens is 242 g/mol. The Kier molecular flexibility index (Phi) is 5.82. The molecule has 1 fully saturated rings. The summed E-state index contributed by atoms with van der Waals surface area (Å²) in [5.41, 5.74) is 0. The number of hydrogen-bond donors (Lipinski definition) is 0. The second-order valence-corrected chi connectivity index (χ2v) is 5.20. The number of nitrogens with zero attached hydrogens (tertiary/aromatic N) is 3. The van der Waals surface area contributed by atoms with Crippen LogP contribution >= 0.6 is 0 Å². The first-order valence-corrected chi connectivity index (χ1v) is 7.09. The number of rotatable bonds is 7. The number of aromatic nitrogens is 2. The molecule has 0 amide bonds. The van der Waals surface area contributed by atoms with Gasteiger partial charge in [-0.1, -0.05) is 0 Å². The molecule has 5 nitrogen and oxygen atoms in total. The molecular formula is C14H25N3O2. The summed E-state index contributed by atoms with van der Waals surface area (Å²) in [7, 11) is 3.40. The van der Waals surface area contributed by atoms with Gasteiger partial charge in [0, 0.05) is 46.2 Å². The number of piperidine rings is 1. The topological polar surface area (TPSA) is 39.5 Å². The van der Waals surface area contributed by atoms with E-state index in [1.807, 2.05) is 18.7 Å². The highest BCUT2D eigenvalue weighted by Crippen LogP contribution is 2.23. The molecule has 1 aromatic heterocycles. The Morgan fingerprint density at radius 3 is 2.58 bits per heavy atom. The van der Waals surface area contributed by atoms with E-state index in [9.17, 15) is 0 Å². The molecule has 0 spiro atoms. The molecule has 0 aliphatic carbocycles. The van der Waals surface area contributed by atoms with Crippen molar-refractivity contribution in [3.8, 4) is 0 Å². The molecule has 1 aromatic rings. The molecule has 5 heteroatoms. The average Bonchev–Trinajstić information content (AvgIpc) is 2.95. The molecule has 108 valence electrons. The van der Waals surface area contributed by atoms with Crippen molar-refractivity contribution in [2.45, 2.75) is 38.6 Å². The minimum atomic E-state index is -0.174. The summed E-state index contributed by atoms with van der Waals surface area (Å²) in [6, 6.07) is 0. The van der Waals surface area contributed by atoms with Crippen LogP contribution in [0.15, 0.2) is 18.7 Å². The van der Waals surface area contributed by atoms with Crippen molar-refractivity contribution in [1.29, 1.82) is 0 Å². The first kappa shape index (κ1) is 14.5. The molecule has 1 aliphatic rings. The number of methoxy groups -OCH3 is 2. The maximum atomic E-state index is 5.30. The molecule has 2 heterocycles. The van der Waals surface area contributed by atoms with Gasteiger partial charge in [-0.2, -0.15) is 0 Å². The van der Waals surface area contributed by atoms with E-state index in [2.05, 4.69) is 14.5 Å². The van der Waals surface area contributed by atoms with Crippen molar-refractivity contribution in [1.82, 2.24) is 14.5 Å². The number of aryl methyl sites for hydroxylation is 1. The van der Waals surface area contributed by atoms with Crippen LogP contribution in [0.5, 0.6) is 0 Å². The van der Waals surface area contributed by atoms with Crippen LogP contribution in [0.1, 0.15) is 25.7 Å². The molecule has 0 atom stereocenters. The van der Waals surface area contributed by atoms with Crippen LogP contribution in [0.3, 0.4) is 0 Å². The van der Waals surface area contributed by atoms with Gasteiger partial charge in [-0.05, 0) is 31.6 Å². The lowest BCUT2D eigenvalue weighted by Gasteiger charge is -2.35. The fourth-order valence-electron chi connectivity index (χ4n) is 2.83. The van der Waals surface area contributed by atoms with Gasteiger partial charge in [0.2, 0.25) is 6.41 Å². The van der Waals surface area contributed by atoms with Crippen molar-refractivity contribution in [2.24, 2.45) is 5.92 Å². The van der Waals surface area contributed by atoms with Crippen LogP contribution in [0.2, 0.25) is 0 Å². The zero-order valence-electron chi connectivity index (χ0n) is 12.0. The summed E-state index contributed by atoms with van der Waals surface area (Å²) in [5.74, 6) is 0.842. The minimum Gasteiger partial charge on any atom is -0.343 e. The highest BCUT2D eigenvalue weighted by Gasteiger charge is 2.24. The van der Waals surface area contributed by atoms with Gasteiger partial charge in [0.1, 0.15) is 0 Å². The van der Waals surface area contributed by atoms with Crippen LogP contribution in [0, 0.1) is 5.92 Å². The largest absolute Gasteiger partial charge is 0.343 e. The minimum absolute atomic E-state index is 0.174. The van der Waals surface area contributed by atoms with Crippen LogP contribution in [0.25, 0.3) is 0 Å². The Labute approximate surface area is 115 Å². The highest BCUT2D eigenvalue weighted by atomic mass is 16.7. The van der Waals surface area contributed by atoms with Crippen molar-refractivity contribution >= 4 is 0 Å². The number of imidazole rings is 1. The highest BCUT2D eigenvalue weighted by molar-refractivity contribution is 4.75. The van der Waals surface area contributed by atoms with Crippen molar-refractivity contribution in [3.63, 3.8) is 0 Å². The first-order valence-electron chi connectivity index (χ1n) is 7.09. The average molecular weight is 267 g/mol. The summed E-state index contributed by atoms with van der Waals surface area (Å²) >= 11 is 0. The molecule has 2 rings (SSSR count). The van der Waals surface area contributed by atoms with Crippen LogP contribution < -0.4 is 0 Å². The predicted molar refractivity (Wildman–Crippen MR) is 73.6 cm³/mol. The fraction of sp³-hybridized carbons (Fsp3) is 0.786. The van der Waals surface area contributed by atoms with E-state index in [-0.39, 0.29) is 6.41 Å². The third-order valence-corrected chi connectivity index (χ3v) is 3.94. The second kappa shape index (κ2) is 7.62. The zero-order valence-corrected chi connectivity index (χ0v) is 12.0. The summed E-state index contributed by atoms with van der Waals surface area (Å²) in [6.45, 7) is 3.23. The van der Waals surface area contributed by atoms with Gasteiger partial charge in [-0.25, -0.2) is 4.98 Å². The second-order valence-electron chi connectivity index (χ2n) is 5.20. The number of likely N-dealkylation sites (tertiary alicyclic amines) is 1. The predicted octanol–water partition coefficient (Wildman–Crippen LogP) is 1.95. The molecule has 0 N–H and O–H groups in total. The maximum Gasteiger partial charge on any atom is 0.218 e. The normalized spacial score (nSPS) is 18.3. The first-order chi connectivity index (χ1) is 9.33. The zero-order chi connectivity index (χ0) is 13.5. The number of ether oxygens (including phenoxy) is 2. The quantitative estimate of drug-likeness (QED) is 0.708. The van der Waals surface area contributed by atoms with Gasteiger partial charge in [0.25, 0.3) is 0 Å². The standard InChI is InChI=1S/C14H25N3O2/c1-18-14(19-2)17-9-5-13(6-10-17)4-3-8-16-11-7-15-12-16/h7,11-14H,3-6,8-10H2,1-2H3. The van der Waals surface area contributed by atoms with Crippen LogP contribution in [-0.2, 0) is 16.0 Å². The Hall–Kier alpha value is -0.910. The van der Waals surface area contributed by atoms with E-state index in [0.29, 0.717) is 0 Å². The monoisotopic (exact) mass is 267 g/mol. The lowest BCUT2D eigenvalue weighted by molar-refractivity contribution is -0.202. The van der Waals surface area contributed by atoms with Gasteiger partial charge < -0.3 is 14.0 Å². The lowest BCUT2D eigenvalue weighted by Crippen LogP contribution is -2.43. The maximum absolute atomic E-state index is 5.30. The van der Waals surface area contributed by atoms with E-state index < -0.39 is 0 Å². The summed E-state index contributed by atoms with van der Waals surface area (Å²) in [6.07, 6.45) is 10.6. The fourth-order valence-corrected chi connectivity index (χ4v) is 2.83. The summed E-state index contributed by atoms with van der Waals surface area (Å²) in [4.78, 5) is 6.33. The van der Waals surface area contributed by atoms with Crippen LogP contribution in [-0.4, -0.2) is 48.2 Å². The Morgan fingerprint density at radius 1 is 1.26 bits per heavy atom. The van der Waals surface area contributed by atoms with E-state index in [0.717, 1.165) is 25.6 Å².